The van der Waals surface area contributed by atoms with Crippen LogP contribution in [0, 0.1) is 0 Å². The van der Waals surface area contributed by atoms with E-state index in [1.165, 1.54) is 29.1 Å². The minimum atomic E-state index is -4.74. The lowest BCUT2D eigenvalue weighted by Gasteiger charge is -2.12. The molecule has 19 heavy (non-hydrogen) atoms. The number of halogens is 5. The Balaban J connectivity index is 2.34. The van der Waals surface area contributed by atoms with Gasteiger partial charge in [-0.1, -0.05) is 5.21 Å². The molecule has 0 N–H and O–H groups in total. The molecule has 102 valence electrons. The van der Waals surface area contributed by atoms with Crippen molar-refractivity contribution in [1.29, 1.82) is 0 Å². The number of aromatic nitrogens is 3. The van der Waals surface area contributed by atoms with Gasteiger partial charge in [-0.3, -0.25) is 0 Å². The Bertz CT molecular complexity index is 588. The Kier molecular flexibility index (Phi) is 4.00. The van der Waals surface area contributed by atoms with Crippen LogP contribution in [0.5, 0.6) is 5.75 Å². The van der Waals surface area contributed by atoms with E-state index in [1.807, 2.05) is 0 Å². The maximum atomic E-state index is 12.1. The summed E-state index contributed by atoms with van der Waals surface area (Å²) in [5.41, 5.74) is 1.15. The van der Waals surface area contributed by atoms with Gasteiger partial charge < -0.3 is 4.74 Å². The average Bonchev–Trinajstić information content (AvgIpc) is 2.78. The van der Waals surface area contributed by atoms with Crippen molar-refractivity contribution in [3.05, 3.63) is 34.6 Å². The Morgan fingerprint density at radius 3 is 2.68 bits per heavy atom. The summed E-state index contributed by atoms with van der Waals surface area (Å²) in [5.74, 6) is -0.144. The summed E-state index contributed by atoms with van der Waals surface area (Å²) in [5, 5.41) is 7.48. The topological polar surface area (TPSA) is 39.9 Å². The molecule has 0 spiro atoms. The van der Waals surface area contributed by atoms with Gasteiger partial charge in [-0.2, -0.15) is 0 Å². The number of nitrogens with zero attached hydrogens (tertiary/aromatic N) is 3. The number of alkyl halides is 4. The third-order valence-electron chi connectivity index (χ3n) is 2.14. The van der Waals surface area contributed by atoms with Crippen LogP contribution in [0.3, 0.4) is 0 Å². The molecule has 2 aromatic rings. The van der Waals surface area contributed by atoms with Crippen molar-refractivity contribution in [3.8, 4) is 11.4 Å². The van der Waals surface area contributed by atoms with E-state index in [0.29, 0.717) is 11.4 Å². The predicted molar refractivity (Wildman–Crippen MR) is 65.3 cm³/mol. The van der Waals surface area contributed by atoms with Crippen molar-refractivity contribution in [3.63, 3.8) is 0 Å². The second kappa shape index (κ2) is 5.38. The fourth-order valence-corrected chi connectivity index (χ4v) is 2.02. The summed E-state index contributed by atoms with van der Waals surface area (Å²) in [6.07, 6.45) is -3.26. The van der Waals surface area contributed by atoms with E-state index in [-0.39, 0.29) is 16.1 Å². The highest BCUT2D eigenvalue weighted by molar-refractivity contribution is 9.10. The first-order chi connectivity index (χ1) is 8.90. The monoisotopic (exact) mass is 355 g/mol. The first-order valence-electron chi connectivity index (χ1n) is 4.92. The highest BCUT2D eigenvalue weighted by atomic mass is 79.9. The normalized spacial score (nSPS) is 11.6. The maximum absolute atomic E-state index is 12.1. The molecule has 0 bridgehead atoms. The van der Waals surface area contributed by atoms with Gasteiger partial charge in [-0.15, -0.1) is 29.9 Å². The molecule has 1 aromatic heterocycles. The lowest BCUT2D eigenvalue weighted by atomic mass is 10.3. The van der Waals surface area contributed by atoms with Crippen LogP contribution in [-0.4, -0.2) is 21.4 Å². The van der Waals surface area contributed by atoms with Crippen molar-refractivity contribution in [2.24, 2.45) is 0 Å². The molecule has 0 aliphatic carbocycles. The standard InChI is InChI=1S/C10H6BrClF3N3O/c11-8-3-6(18-7(4-12)5-16-17-18)1-2-9(8)19-10(13,14)15/h1-3,5H,4H2. The van der Waals surface area contributed by atoms with E-state index in [9.17, 15) is 13.2 Å². The third-order valence-corrected chi connectivity index (χ3v) is 3.04. The van der Waals surface area contributed by atoms with Gasteiger partial charge in [0.15, 0.2) is 0 Å². The van der Waals surface area contributed by atoms with Crippen molar-refractivity contribution < 1.29 is 17.9 Å². The van der Waals surface area contributed by atoms with E-state index in [1.54, 1.807) is 0 Å². The summed E-state index contributed by atoms with van der Waals surface area (Å²) < 4.78 is 41.8. The lowest BCUT2D eigenvalue weighted by molar-refractivity contribution is -0.274. The van der Waals surface area contributed by atoms with E-state index in [2.05, 4.69) is 31.0 Å². The summed E-state index contributed by atoms with van der Waals surface area (Å²) >= 11 is 8.71. The first-order valence-corrected chi connectivity index (χ1v) is 6.24. The molecule has 0 radical (unpaired) electrons. The van der Waals surface area contributed by atoms with Crippen LogP contribution in [0.25, 0.3) is 5.69 Å². The molecule has 4 nitrogen and oxygen atoms in total. The van der Waals surface area contributed by atoms with E-state index in [0.717, 1.165) is 0 Å². The maximum Gasteiger partial charge on any atom is 0.573 e. The van der Waals surface area contributed by atoms with Crippen molar-refractivity contribution in [1.82, 2.24) is 15.0 Å². The zero-order valence-corrected chi connectivity index (χ0v) is 11.5. The molecule has 9 heteroatoms. The molecular weight excluding hydrogens is 350 g/mol. The fourth-order valence-electron chi connectivity index (χ4n) is 1.39. The molecule has 1 heterocycles. The SMILES string of the molecule is FC(F)(F)Oc1ccc(-n2nncc2CCl)cc1Br. The largest absolute Gasteiger partial charge is 0.573 e. The van der Waals surface area contributed by atoms with Crippen LogP contribution in [0.15, 0.2) is 28.9 Å². The van der Waals surface area contributed by atoms with Gasteiger partial charge in [-0.25, -0.2) is 4.68 Å². The molecule has 0 saturated carbocycles. The van der Waals surface area contributed by atoms with Crippen molar-refractivity contribution >= 4 is 27.5 Å². The number of hydrogen-bond donors (Lipinski definition) is 0. The van der Waals surface area contributed by atoms with E-state index in [4.69, 9.17) is 11.6 Å². The summed E-state index contributed by atoms with van der Waals surface area (Å²) in [7, 11) is 0. The Hall–Kier alpha value is -1.28. The van der Waals surface area contributed by atoms with Crippen LogP contribution >= 0.6 is 27.5 Å². The van der Waals surface area contributed by atoms with Gasteiger partial charge in [0.25, 0.3) is 0 Å². The molecular formula is C10H6BrClF3N3O. The summed E-state index contributed by atoms with van der Waals surface area (Å²) in [6.45, 7) is 0. The second-order valence-electron chi connectivity index (χ2n) is 3.43. The van der Waals surface area contributed by atoms with Crippen LogP contribution in [-0.2, 0) is 5.88 Å². The molecule has 0 aliphatic rings. The van der Waals surface area contributed by atoms with Gasteiger partial charge in [0, 0.05) is 0 Å². The van der Waals surface area contributed by atoms with Gasteiger partial charge in [0.1, 0.15) is 5.75 Å². The van der Waals surface area contributed by atoms with Crippen molar-refractivity contribution in [2.45, 2.75) is 12.2 Å². The van der Waals surface area contributed by atoms with Crippen LogP contribution in [0.4, 0.5) is 13.2 Å². The number of ether oxygens (including phenoxy) is 1. The molecule has 0 amide bonds. The molecule has 2 rings (SSSR count). The molecule has 0 saturated heterocycles. The third kappa shape index (κ3) is 3.38. The molecule has 0 atom stereocenters. The molecule has 0 aliphatic heterocycles. The fraction of sp³-hybridized carbons (Fsp3) is 0.200. The highest BCUT2D eigenvalue weighted by Crippen LogP contribution is 2.32. The zero-order chi connectivity index (χ0) is 14.0. The molecule has 1 aromatic carbocycles. The number of benzene rings is 1. The predicted octanol–water partition coefficient (Wildman–Crippen LogP) is 3.67. The smallest absolute Gasteiger partial charge is 0.405 e. The number of hydrogen-bond acceptors (Lipinski definition) is 3. The van der Waals surface area contributed by atoms with Crippen LogP contribution in [0.2, 0.25) is 0 Å². The molecule has 0 fully saturated rings. The Morgan fingerprint density at radius 1 is 1.37 bits per heavy atom. The minimum absolute atomic E-state index is 0.151. The van der Waals surface area contributed by atoms with Gasteiger partial charge in [0.05, 0.1) is 27.9 Å². The van der Waals surface area contributed by atoms with Gasteiger partial charge >= 0.3 is 6.36 Å². The minimum Gasteiger partial charge on any atom is -0.405 e. The van der Waals surface area contributed by atoms with Crippen LogP contribution in [0.1, 0.15) is 5.69 Å². The zero-order valence-electron chi connectivity index (χ0n) is 9.16. The van der Waals surface area contributed by atoms with Crippen molar-refractivity contribution in [2.75, 3.05) is 0 Å². The highest BCUT2D eigenvalue weighted by Gasteiger charge is 2.32. The van der Waals surface area contributed by atoms with Crippen LogP contribution < -0.4 is 4.74 Å². The Morgan fingerprint density at radius 2 is 2.11 bits per heavy atom. The van der Waals surface area contributed by atoms with Gasteiger partial charge in [-0.05, 0) is 34.1 Å². The van der Waals surface area contributed by atoms with E-state index < -0.39 is 6.36 Å². The first kappa shape index (κ1) is 14.1. The number of rotatable bonds is 3. The summed E-state index contributed by atoms with van der Waals surface area (Å²) in [6, 6.07) is 4.05. The quantitative estimate of drug-likeness (QED) is 0.788. The van der Waals surface area contributed by atoms with Gasteiger partial charge in [0.2, 0.25) is 0 Å². The second-order valence-corrected chi connectivity index (χ2v) is 4.55. The summed E-state index contributed by atoms with van der Waals surface area (Å²) in [4.78, 5) is 0. The lowest BCUT2D eigenvalue weighted by Crippen LogP contribution is -2.17. The van der Waals surface area contributed by atoms with E-state index >= 15 is 0 Å². The average molecular weight is 357 g/mol. The molecule has 0 unspecified atom stereocenters. The Labute approximate surface area is 119 Å².